The van der Waals surface area contributed by atoms with Gasteiger partial charge in [0.15, 0.2) is 0 Å². The fourth-order valence-electron chi connectivity index (χ4n) is 1.92. The third kappa shape index (κ3) is 6.90. The summed E-state index contributed by atoms with van der Waals surface area (Å²) in [5.41, 5.74) is 0.675. The maximum Gasteiger partial charge on any atom is 0.312 e. The molecule has 1 unspecified atom stereocenters. The number of aliphatic carboxylic acids is 1. The van der Waals surface area contributed by atoms with Gasteiger partial charge in [-0.05, 0) is 12.0 Å². The molecule has 0 radical (unpaired) electrons. The van der Waals surface area contributed by atoms with Crippen molar-refractivity contribution < 1.29 is 19.4 Å². The Morgan fingerprint density at radius 2 is 1.95 bits per heavy atom. The van der Waals surface area contributed by atoms with Crippen molar-refractivity contribution in [3.63, 3.8) is 0 Å². The number of hydrogen-bond donors (Lipinski definition) is 2. The molecule has 0 aliphatic carbocycles. The van der Waals surface area contributed by atoms with Crippen molar-refractivity contribution >= 4 is 11.9 Å². The average molecular weight is 293 g/mol. The van der Waals surface area contributed by atoms with E-state index >= 15 is 0 Å². The van der Waals surface area contributed by atoms with E-state index in [1.54, 1.807) is 24.3 Å². The molecule has 21 heavy (non-hydrogen) atoms. The van der Waals surface area contributed by atoms with Gasteiger partial charge in [0.1, 0.15) is 6.61 Å². The van der Waals surface area contributed by atoms with Gasteiger partial charge < -0.3 is 15.2 Å². The molecule has 1 amide bonds. The Morgan fingerprint density at radius 1 is 1.24 bits per heavy atom. The van der Waals surface area contributed by atoms with Gasteiger partial charge in [-0.2, -0.15) is 0 Å². The van der Waals surface area contributed by atoms with Gasteiger partial charge in [0.05, 0.1) is 5.92 Å². The van der Waals surface area contributed by atoms with Crippen molar-refractivity contribution in [2.75, 3.05) is 19.8 Å². The van der Waals surface area contributed by atoms with Gasteiger partial charge >= 0.3 is 5.97 Å². The number of carboxylic acid groups (broad SMARTS) is 1. The van der Waals surface area contributed by atoms with Crippen molar-refractivity contribution in [3.8, 4) is 0 Å². The number of nitrogens with one attached hydrogen (secondary N) is 1. The minimum absolute atomic E-state index is 0.0230. The zero-order chi connectivity index (χ0) is 15.5. The minimum atomic E-state index is -0.953. The summed E-state index contributed by atoms with van der Waals surface area (Å²) in [6.07, 6.45) is 3.12. The number of amides is 1. The summed E-state index contributed by atoms with van der Waals surface area (Å²) in [6.45, 7) is 2.70. The topological polar surface area (TPSA) is 75.6 Å². The van der Waals surface area contributed by atoms with Crippen LogP contribution in [0.1, 0.15) is 37.7 Å². The third-order valence-corrected chi connectivity index (χ3v) is 3.13. The predicted molar refractivity (Wildman–Crippen MR) is 80.2 cm³/mol. The van der Waals surface area contributed by atoms with Crippen LogP contribution in [-0.2, 0) is 14.3 Å². The lowest BCUT2D eigenvalue weighted by Gasteiger charge is -2.13. The Morgan fingerprint density at radius 3 is 2.57 bits per heavy atom. The van der Waals surface area contributed by atoms with E-state index in [4.69, 9.17) is 4.74 Å². The number of carbonyl (C=O) groups is 2. The second-order valence-corrected chi connectivity index (χ2v) is 4.87. The molecule has 5 nitrogen and oxygen atoms in total. The van der Waals surface area contributed by atoms with Crippen LogP contribution in [-0.4, -0.2) is 36.7 Å². The highest BCUT2D eigenvalue weighted by molar-refractivity contribution is 5.80. The second kappa shape index (κ2) is 9.94. The van der Waals surface area contributed by atoms with E-state index < -0.39 is 11.9 Å². The van der Waals surface area contributed by atoms with E-state index in [9.17, 15) is 14.7 Å². The molecule has 116 valence electrons. The van der Waals surface area contributed by atoms with Crippen LogP contribution in [0.4, 0.5) is 0 Å². The number of benzene rings is 1. The van der Waals surface area contributed by atoms with E-state index in [2.05, 4.69) is 12.2 Å². The zero-order valence-electron chi connectivity index (χ0n) is 12.4. The van der Waals surface area contributed by atoms with Crippen LogP contribution in [0.2, 0.25) is 0 Å². The van der Waals surface area contributed by atoms with Gasteiger partial charge in [0, 0.05) is 13.2 Å². The van der Waals surface area contributed by atoms with Gasteiger partial charge in [0.2, 0.25) is 5.91 Å². The maximum atomic E-state index is 11.6. The molecule has 1 atom stereocenters. The summed E-state index contributed by atoms with van der Waals surface area (Å²) in [6, 6.07) is 8.87. The molecule has 1 aromatic rings. The first-order chi connectivity index (χ1) is 10.1. The lowest BCUT2D eigenvalue weighted by molar-refractivity contribution is -0.138. The SMILES string of the molecule is CCCCCOCC(=O)NCC(C(=O)O)c1ccccc1. The standard InChI is InChI=1S/C16H23NO4/c1-2-3-7-10-21-12-15(18)17-11-14(16(19)20)13-8-5-4-6-9-13/h4-6,8-9,14H,2-3,7,10-12H2,1H3,(H,17,18)(H,19,20). The average Bonchev–Trinajstić information content (AvgIpc) is 2.48. The molecule has 0 spiro atoms. The largest absolute Gasteiger partial charge is 0.481 e. The lowest BCUT2D eigenvalue weighted by Crippen LogP contribution is -2.34. The molecular formula is C16H23NO4. The summed E-state index contributed by atoms with van der Waals surface area (Å²) in [7, 11) is 0. The number of ether oxygens (including phenoxy) is 1. The van der Waals surface area contributed by atoms with Crippen LogP contribution in [0.25, 0.3) is 0 Å². The first-order valence-electron chi connectivity index (χ1n) is 7.27. The molecule has 2 N–H and O–H groups in total. The molecule has 1 aromatic carbocycles. The highest BCUT2D eigenvalue weighted by Crippen LogP contribution is 2.14. The fraction of sp³-hybridized carbons (Fsp3) is 0.500. The van der Waals surface area contributed by atoms with Crippen molar-refractivity contribution in [3.05, 3.63) is 35.9 Å². The van der Waals surface area contributed by atoms with Crippen molar-refractivity contribution in [1.29, 1.82) is 0 Å². The number of carboxylic acids is 1. The van der Waals surface area contributed by atoms with Crippen molar-refractivity contribution in [1.82, 2.24) is 5.32 Å². The molecule has 0 aliphatic rings. The molecule has 0 fully saturated rings. The van der Waals surface area contributed by atoms with Crippen LogP contribution in [0.3, 0.4) is 0 Å². The fourth-order valence-corrected chi connectivity index (χ4v) is 1.92. The summed E-state index contributed by atoms with van der Waals surface area (Å²) >= 11 is 0. The number of hydrogen-bond acceptors (Lipinski definition) is 3. The highest BCUT2D eigenvalue weighted by atomic mass is 16.5. The van der Waals surface area contributed by atoms with Crippen LogP contribution < -0.4 is 5.32 Å². The number of rotatable bonds is 10. The van der Waals surface area contributed by atoms with E-state index in [0.29, 0.717) is 12.2 Å². The normalized spacial score (nSPS) is 11.9. The maximum absolute atomic E-state index is 11.6. The van der Waals surface area contributed by atoms with Crippen molar-refractivity contribution in [2.45, 2.75) is 32.1 Å². The Hall–Kier alpha value is -1.88. The van der Waals surface area contributed by atoms with Gasteiger partial charge in [-0.1, -0.05) is 50.1 Å². The van der Waals surface area contributed by atoms with Gasteiger partial charge in [-0.25, -0.2) is 0 Å². The molecule has 1 rings (SSSR count). The first kappa shape index (κ1) is 17.2. The molecule has 0 aromatic heterocycles. The Labute approximate surface area is 125 Å². The number of carbonyl (C=O) groups excluding carboxylic acids is 1. The Balaban J connectivity index is 2.34. The smallest absolute Gasteiger partial charge is 0.312 e. The second-order valence-electron chi connectivity index (χ2n) is 4.87. The molecule has 5 heteroatoms. The van der Waals surface area contributed by atoms with Crippen LogP contribution in [0.5, 0.6) is 0 Å². The van der Waals surface area contributed by atoms with Crippen molar-refractivity contribution in [2.24, 2.45) is 0 Å². The summed E-state index contributed by atoms with van der Waals surface area (Å²) in [4.78, 5) is 22.9. The molecule has 0 bridgehead atoms. The zero-order valence-corrected chi connectivity index (χ0v) is 12.4. The summed E-state index contributed by atoms with van der Waals surface area (Å²) < 4.78 is 5.24. The first-order valence-corrected chi connectivity index (χ1v) is 7.27. The third-order valence-electron chi connectivity index (χ3n) is 3.13. The van der Waals surface area contributed by atoms with Gasteiger partial charge in [0.25, 0.3) is 0 Å². The van der Waals surface area contributed by atoms with E-state index in [1.807, 2.05) is 6.07 Å². The summed E-state index contributed by atoms with van der Waals surface area (Å²) in [5, 5.41) is 11.8. The van der Waals surface area contributed by atoms with E-state index in [1.165, 1.54) is 0 Å². The van der Waals surface area contributed by atoms with Crippen LogP contribution >= 0.6 is 0 Å². The molecule has 0 saturated heterocycles. The minimum Gasteiger partial charge on any atom is -0.481 e. The van der Waals surface area contributed by atoms with Crippen LogP contribution in [0.15, 0.2) is 30.3 Å². The van der Waals surface area contributed by atoms with E-state index in [0.717, 1.165) is 19.3 Å². The molecule has 0 saturated carbocycles. The lowest BCUT2D eigenvalue weighted by atomic mass is 9.99. The predicted octanol–water partition coefficient (Wildman–Crippen LogP) is 2.18. The number of unbranched alkanes of at least 4 members (excludes halogenated alkanes) is 2. The molecule has 0 aliphatic heterocycles. The Bertz CT molecular complexity index is 433. The van der Waals surface area contributed by atoms with Crippen LogP contribution in [0, 0.1) is 0 Å². The van der Waals surface area contributed by atoms with Gasteiger partial charge in [-0.15, -0.1) is 0 Å². The molecule has 0 heterocycles. The highest BCUT2D eigenvalue weighted by Gasteiger charge is 2.20. The monoisotopic (exact) mass is 293 g/mol. The quantitative estimate of drug-likeness (QED) is 0.648. The van der Waals surface area contributed by atoms with E-state index in [-0.39, 0.29) is 19.1 Å². The van der Waals surface area contributed by atoms with Gasteiger partial charge in [-0.3, -0.25) is 9.59 Å². The summed E-state index contributed by atoms with van der Waals surface area (Å²) in [5.74, 6) is -1.98. The molecular weight excluding hydrogens is 270 g/mol. The Kier molecular flexibility index (Phi) is 8.12.